The van der Waals surface area contributed by atoms with Crippen molar-refractivity contribution >= 4 is 15.9 Å². The molecule has 0 aromatic heterocycles. The number of rotatable bonds is 5. The fraction of sp³-hybridized carbons (Fsp3) is 0.364. The third kappa shape index (κ3) is 3.07. The van der Waals surface area contributed by atoms with E-state index in [2.05, 4.69) is 4.72 Å². The van der Waals surface area contributed by atoms with Crippen LogP contribution in [-0.2, 0) is 10.0 Å². The summed E-state index contributed by atoms with van der Waals surface area (Å²) in [6, 6.07) is 1.30. The lowest BCUT2D eigenvalue weighted by Crippen LogP contribution is -2.45. The molecule has 1 atom stereocenters. The van der Waals surface area contributed by atoms with E-state index in [1.54, 1.807) is 0 Å². The van der Waals surface area contributed by atoms with Crippen molar-refractivity contribution in [2.75, 3.05) is 0 Å². The smallest absolute Gasteiger partial charge is 0.244 e. The molecule has 0 heterocycles. The Morgan fingerprint density at radius 3 is 2.58 bits per heavy atom. The first-order valence-electron chi connectivity index (χ1n) is 5.62. The van der Waals surface area contributed by atoms with Crippen LogP contribution in [0.1, 0.15) is 12.8 Å². The number of hydrogen-bond acceptors (Lipinski definition) is 3. The maximum atomic E-state index is 13.5. The van der Waals surface area contributed by atoms with E-state index in [4.69, 9.17) is 11.1 Å². The van der Waals surface area contributed by atoms with Crippen LogP contribution in [0.25, 0.3) is 0 Å². The topological polar surface area (TPSA) is 96.0 Å². The summed E-state index contributed by atoms with van der Waals surface area (Å²) in [4.78, 5) is -0.778. The van der Waals surface area contributed by atoms with E-state index in [0.29, 0.717) is 6.07 Å². The number of benzene rings is 1. The van der Waals surface area contributed by atoms with Crippen LogP contribution >= 0.6 is 0 Å². The van der Waals surface area contributed by atoms with Gasteiger partial charge in [0.25, 0.3) is 0 Å². The number of nitrogens with two attached hydrogens (primary N) is 1. The normalized spacial score (nSPS) is 17.2. The van der Waals surface area contributed by atoms with Crippen molar-refractivity contribution in [3.05, 3.63) is 29.8 Å². The van der Waals surface area contributed by atoms with Crippen LogP contribution in [-0.4, -0.2) is 20.3 Å². The van der Waals surface area contributed by atoms with Crippen molar-refractivity contribution in [1.29, 1.82) is 5.41 Å². The summed E-state index contributed by atoms with van der Waals surface area (Å²) in [6.45, 7) is 0. The van der Waals surface area contributed by atoms with Crippen molar-refractivity contribution in [3.63, 3.8) is 0 Å². The van der Waals surface area contributed by atoms with E-state index in [-0.39, 0.29) is 11.8 Å². The van der Waals surface area contributed by atoms with Gasteiger partial charge in [0.2, 0.25) is 10.0 Å². The number of hydrogen-bond donors (Lipinski definition) is 3. The Kier molecular flexibility index (Phi) is 3.55. The monoisotopic (exact) mass is 289 g/mol. The maximum absolute atomic E-state index is 13.5. The molecule has 0 bridgehead atoms. The molecule has 104 valence electrons. The number of amidine groups is 1. The van der Waals surface area contributed by atoms with Crippen LogP contribution in [0.5, 0.6) is 0 Å². The van der Waals surface area contributed by atoms with Crippen LogP contribution < -0.4 is 10.5 Å². The molecular weight excluding hydrogens is 276 g/mol. The highest BCUT2D eigenvalue weighted by Gasteiger charge is 2.37. The molecule has 0 spiro atoms. The van der Waals surface area contributed by atoms with E-state index in [0.717, 1.165) is 25.0 Å². The van der Waals surface area contributed by atoms with E-state index >= 15 is 0 Å². The molecule has 1 aliphatic rings. The van der Waals surface area contributed by atoms with Crippen molar-refractivity contribution < 1.29 is 17.2 Å². The molecule has 1 unspecified atom stereocenters. The number of halogens is 2. The number of nitrogens with one attached hydrogen (secondary N) is 2. The Morgan fingerprint density at radius 2 is 2.05 bits per heavy atom. The molecule has 1 fully saturated rings. The van der Waals surface area contributed by atoms with Crippen molar-refractivity contribution in [2.24, 2.45) is 11.7 Å². The molecule has 5 nitrogen and oxygen atoms in total. The van der Waals surface area contributed by atoms with Gasteiger partial charge in [0.05, 0.1) is 6.04 Å². The zero-order valence-electron chi connectivity index (χ0n) is 9.86. The van der Waals surface area contributed by atoms with Gasteiger partial charge in [-0.25, -0.2) is 21.9 Å². The average Bonchev–Trinajstić information content (AvgIpc) is 3.13. The largest absolute Gasteiger partial charge is 0.386 e. The van der Waals surface area contributed by atoms with Gasteiger partial charge < -0.3 is 5.73 Å². The summed E-state index contributed by atoms with van der Waals surface area (Å²) >= 11 is 0. The second-order valence-corrected chi connectivity index (χ2v) is 6.15. The highest BCUT2D eigenvalue weighted by molar-refractivity contribution is 7.89. The lowest BCUT2D eigenvalue weighted by atomic mass is 10.2. The van der Waals surface area contributed by atoms with Gasteiger partial charge in [0, 0.05) is 0 Å². The molecule has 4 N–H and O–H groups in total. The quantitative estimate of drug-likeness (QED) is 0.556. The lowest BCUT2D eigenvalue weighted by molar-refractivity contribution is 0.536. The van der Waals surface area contributed by atoms with Gasteiger partial charge in [-0.1, -0.05) is 0 Å². The van der Waals surface area contributed by atoms with Crippen molar-refractivity contribution in [2.45, 2.75) is 23.8 Å². The minimum absolute atomic E-state index is 0.0519. The van der Waals surface area contributed by atoms with Gasteiger partial charge in [-0.2, -0.15) is 0 Å². The molecule has 1 aromatic carbocycles. The summed E-state index contributed by atoms with van der Waals surface area (Å²) in [6.07, 6.45) is 1.50. The molecule has 19 heavy (non-hydrogen) atoms. The molecule has 8 heteroatoms. The van der Waals surface area contributed by atoms with Crippen LogP contribution in [0.15, 0.2) is 23.1 Å². The Bertz CT molecular complexity index is 614. The fourth-order valence-corrected chi connectivity index (χ4v) is 3.13. The summed E-state index contributed by atoms with van der Waals surface area (Å²) in [5.41, 5.74) is 5.32. The van der Waals surface area contributed by atoms with E-state index in [1.165, 1.54) is 0 Å². The third-order valence-corrected chi connectivity index (χ3v) is 4.35. The van der Waals surface area contributed by atoms with Gasteiger partial charge >= 0.3 is 0 Å². The van der Waals surface area contributed by atoms with Gasteiger partial charge in [-0.15, -0.1) is 0 Å². The summed E-state index contributed by atoms with van der Waals surface area (Å²) < 4.78 is 52.6. The summed E-state index contributed by atoms with van der Waals surface area (Å²) in [7, 11) is -4.25. The Labute approximate surface area is 109 Å². The molecule has 2 rings (SSSR count). The van der Waals surface area contributed by atoms with Gasteiger partial charge in [0.1, 0.15) is 22.4 Å². The van der Waals surface area contributed by atoms with E-state index in [9.17, 15) is 17.2 Å². The number of sulfonamides is 1. The first-order valence-corrected chi connectivity index (χ1v) is 7.11. The van der Waals surface area contributed by atoms with Gasteiger partial charge in [0.15, 0.2) is 0 Å². The standard InChI is InChI=1S/C11H13F2N3O2S/c12-7-3-4-8(13)9(5-7)19(17,18)16-10(11(14)15)6-1-2-6/h3-6,10,16H,1-2H2,(H3,14,15). The minimum atomic E-state index is -4.25. The molecule has 0 saturated heterocycles. The first kappa shape index (κ1) is 13.9. The second-order valence-electron chi connectivity index (χ2n) is 4.47. The van der Waals surface area contributed by atoms with Crippen LogP contribution in [0.3, 0.4) is 0 Å². The highest BCUT2D eigenvalue weighted by Crippen LogP contribution is 2.33. The van der Waals surface area contributed by atoms with Gasteiger partial charge in [-0.3, -0.25) is 5.41 Å². The SMILES string of the molecule is N=C(N)C(NS(=O)(=O)c1cc(F)ccc1F)C1CC1. The van der Waals surface area contributed by atoms with Crippen LogP contribution in [0, 0.1) is 23.0 Å². The molecule has 0 radical (unpaired) electrons. The zero-order chi connectivity index (χ0) is 14.2. The predicted octanol–water partition coefficient (Wildman–Crippen LogP) is 0.958. The molecule has 0 amide bonds. The minimum Gasteiger partial charge on any atom is -0.386 e. The molecule has 1 aliphatic carbocycles. The molecule has 0 aliphatic heterocycles. The highest BCUT2D eigenvalue weighted by atomic mass is 32.2. The third-order valence-electron chi connectivity index (χ3n) is 2.89. The molecular formula is C11H13F2N3O2S. The first-order chi connectivity index (χ1) is 8.81. The summed E-state index contributed by atoms with van der Waals surface area (Å²) in [5, 5.41) is 7.34. The maximum Gasteiger partial charge on any atom is 0.244 e. The zero-order valence-corrected chi connectivity index (χ0v) is 10.7. The fourth-order valence-electron chi connectivity index (χ4n) is 1.76. The second kappa shape index (κ2) is 4.86. The molecule has 1 saturated carbocycles. The Hall–Kier alpha value is -1.54. The van der Waals surface area contributed by atoms with Crippen molar-refractivity contribution in [3.8, 4) is 0 Å². The average molecular weight is 289 g/mol. The summed E-state index contributed by atoms with van der Waals surface area (Å²) in [5.74, 6) is -2.29. The predicted molar refractivity (Wildman–Crippen MR) is 65.1 cm³/mol. The molecule has 1 aromatic rings. The van der Waals surface area contributed by atoms with E-state index < -0.39 is 32.6 Å². The van der Waals surface area contributed by atoms with Gasteiger partial charge in [-0.05, 0) is 37.0 Å². The lowest BCUT2D eigenvalue weighted by Gasteiger charge is -2.17. The Morgan fingerprint density at radius 1 is 1.42 bits per heavy atom. The van der Waals surface area contributed by atoms with Crippen molar-refractivity contribution in [1.82, 2.24) is 4.72 Å². The van der Waals surface area contributed by atoms with Crippen LogP contribution in [0.2, 0.25) is 0 Å². The van der Waals surface area contributed by atoms with E-state index in [1.807, 2.05) is 0 Å². The van der Waals surface area contributed by atoms with Crippen LogP contribution in [0.4, 0.5) is 8.78 Å². The Balaban J connectivity index is 2.31.